The molecule has 2 N–H and O–H groups in total. The van der Waals surface area contributed by atoms with E-state index in [-0.39, 0.29) is 17.9 Å². The molecule has 6 nitrogen and oxygen atoms in total. The average molecular weight is 324 g/mol. The first kappa shape index (κ1) is 15.1. The van der Waals surface area contributed by atoms with Gasteiger partial charge >= 0.3 is 0 Å². The minimum absolute atomic E-state index is 0. The first-order valence-corrected chi connectivity index (χ1v) is 7.23. The smallest absolute Gasteiger partial charge is 0.231 e. The van der Waals surface area contributed by atoms with Gasteiger partial charge in [-0.1, -0.05) is 11.2 Å². The van der Waals surface area contributed by atoms with Crippen molar-refractivity contribution in [3.63, 3.8) is 0 Å². The summed E-state index contributed by atoms with van der Waals surface area (Å²) in [5, 5.41) is 4.03. The van der Waals surface area contributed by atoms with Crippen molar-refractivity contribution < 1.29 is 14.0 Å². The van der Waals surface area contributed by atoms with Crippen LogP contribution in [0, 0.1) is 0 Å². The summed E-state index contributed by atoms with van der Waals surface area (Å²) < 4.78 is 16.4. The fraction of sp³-hybridized carbons (Fsp3) is 0.467. The quantitative estimate of drug-likeness (QED) is 0.932. The van der Waals surface area contributed by atoms with Crippen LogP contribution in [0.3, 0.4) is 0 Å². The van der Waals surface area contributed by atoms with E-state index in [1.807, 2.05) is 18.2 Å². The summed E-state index contributed by atoms with van der Waals surface area (Å²) in [6.07, 6.45) is 3.55. The Hall–Kier alpha value is -1.79. The van der Waals surface area contributed by atoms with Gasteiger partial charge in [-0.3, -0.25) is 0 Å². The van der Waals surface area contributed by atoms with Crippen molar-refractivity contribution >= 4 is 12.4 Å². The maximum atomic E-state index is 6.20. The van der Waals surface area contributed by atoms with Gasteiger partial charge in [0.2, 0.25) is 5.89 Å². The summed E-state index contributed by atoms with van der Waals surface area (Å²) in [4.78, 5) is 4.44. The highest BCUT2D eigenvalue weighted by Gasteiger charge is 2.38. The van der Waals surface area contributed by atoms with Crippen molar-refractivity contribution in [3.05, 3.63) is 35.5 Å². The monoisotopic (exact) mass is 323 g/mol. The lowest BCUT2D eigenvalue weighted by molar-refractivity contribution is 0.171. The Morgan fingerprint density at radius 2 is 1.91 bits per heavy atom. The van der Waals surface area contributed by atoms with E-state index in [2.05, 4.69) is 10.1 Å². The van der Waals surface area contributed by atoms with E-state index < -0.39 is 0 Å². The average Bonchev–Trinajstić information content (AvgIpc) is 2.93. The largest absolute Gasteiger partial charge is 0.486 e. The molecule has 0 saturated heterocycles. The number of nitrogens with zero attached hydrogens (tertiary/aromatic N) is 2. The molecule has 0 atom stereocenters. The number of halogens is 1. The number of hydrogen-bond acceptors (Lipinski definition) is 6. The number of fused-ring (bicyclic) bond motifs is 1. The number of rotatable bonds is 3. The molecule has 118 valence electrons. The first-order chi connectivity index (χ1) is 10.2. The van der Waals surface area contributed by atoms with Crippen LogP contribution in [0.4, 0.5) is 0 Å². The van der Waals surface area contributed by atoms with Gasteiger partial charge in [-0.25, -0.2) is 0 Å². The molecule has 7 heteroatoms. The van der Waals surface area contributed by atoms with Crippen LogP contribution in [-0.4, -0.2) is 23.4 Å². The minimum atomic E-state index is -0.380. The third-order valence-electron chi connectivity index (χ3n) is 4.12. The van der Waals surface area contributed by atoms with Crippen LogP contribution in [0.5, 0.6) is 11.5 Å². The molecule has 1 saturated carbocycles. The minimum Gasteiger partial charge on any atom is -0.486 e. The second-order valence-corrected chi connectivity index (χ2v) is 5.68. The lowest BCUT2D eigenvalue weighted by Crippen LogP contribution is -2.44. The van der Waals surface area contributed by atoms with Crippen molar-refractivity contribution in [1.82, 2.24) is 10.1 Å². The van der Waals surface area contributed by atoms with Gasteiger partial charge in [0.15, 0.2) is 17.3 Å². The highest BCUT2D eigenvalue weighted by molar-refractivity contribution is 5.85. The molecule has 22 heavy (non-hydrogen) atoms. The molecule has 0 radical (unpaired) electrons. The Kier molecular flexibility index (Phi) is 3.97. The standard InChI is InChI=1S/C15H17N3O3.ClH/c16-15(4-1-5-15)14-17-13(21-18-14)9-10-2-3-11-12(8-10)20-7-6-19-11;/h2-3,8H,1,4-7,9,16H2;1H. The third kappa shape index (κ3) is 2.64. The number of hydrogen-bond donors (Lipinski definition) is 1. The number of nitrogens with two attached hydrogens (primary N) is 1. The number of ether oxygens (including phenoxy) is 2. The summed E-state index contributed by atoms with van der Waals surface area (Å²) in [6, 6.07) is 5.86. The second-order valence-electron chi connectivity index (χ2n) is 5.68. The molecule has 2 heterocycles. The Bertz CT molecular complexity index is 670. The van der Waals surface area contributed by atoms with E-state index in [9.17, 15) is 0 Å². The highest BCUT2D eigenvalue weighted by atomic mass is 35.5. The second kappa shape index (κ2) is 5.78. The van der Waals surface area contributed by atoms with Gasteiger partial charge in [0.05, 0.1) is 12.0 Å². The van der Waals surface area contributed by atoms with Crippen molar-refractivity contribution in [2.24, 2.45) is 5.73 Å². The SMILES string of the molecule is Cl.NC1(c2noc(Cc3ccc4c(c3)OCCO4)n2)CCC1. The molecule has 2 aliphatic rings. The zero-order chi connectivity index (χ0) is 14.3. The van der Waals surface area contributed by atoms with E-state index in [4.69, 9.17) is 19.7 Å². The van der Waals surface area contributed by atoms with E-state index >= 15 is 0 Å². The van der Waals surface area contributed by atoms with E-state index in [0.29, 0.717) is 31.3 Å². The third-order valence-corrected chi connectivity index (χ3v) is 4.12. The summed E-state index contributed by atoms with van der Waals surface area (Å²) in [5.41, 5.74) is 6.87. The molecule has 0 spiro atoms. The highest BCUT2D eigenvalue weighted by Crippen LogP contribution is 2.37. The van der Waals surface area contributed by atoms with Crippen LogP contribution in [0.15, 0.2) is 22.7 Å². The Morgan fingerprint density at radius 3 is 2.64 bits per heavy atom. The summed E-state index contributed by atoms with van der Waals surface area (Å²) in [6.45, 7) is 1.18. The van der Waals surface area contributed by atoms with E-state index in [1.165, 1.54) is 0 Å². The molecular weight excluding hydrogens is 306 g/mol. The Balaban J connectivity index is 0.00000144. The van der Waals surface area contributed by atoms with Crippen LogP contribution in [0.2, 0.25) is 0 Å². The van der Waals surface area contributed by atoms with Crippen LogP contribution in [-0.2, 0) is 12.0 Å². The van der Waals surface area contributed by atoms with Gasteiger partial charge in [0.25, 0.3) is 0 Å². The van der Waals surface area contributed by atoms with Gasteiger partial charge in [0.1, 0.15) is 13.2 Å². The predicted octanol–water partition coefficient (Wildman–Crippen LogP) is 2.19. The van der Waals surface area contributed by atoms with Crippen molar-refractivity contribution in [2.45, 2.75) is 31.2 Å². The number of benzene rings is 1. The van der Waals surface area contributed by atoms with Gasteiger partial charge in [0, 0.05) is 0 Å². The van der Waals surface area contributed by atoms with Crippen LogP contribution in [0.25, 0.3) is 0 Å². The van der Waals surface area contributed by atoms with Gasteiger partial charge in [-0.2, -0.15) is 4.98 Å². The number of aromatic nitrogens is 2. The summed E-state index contributed by atoms with van der Waals surface area (Å²) in [5.74, 6) is 2.76. The molecule has 1 aliphatic heterocycles. The predicted molar refractivity (Wildman–Crippen MR) is 81.5 cm³/mol. The molecule has 0 amide bonds. The van der Waals surface area contributed by atoms with Gasteiger partial charge in [-0.05, 0) is 37.0 Å². The molecule has 2 aromatic rings. The zero-order valence-electron chi connectivity index (χ0n) is 12.1. The maximum Gasteiger partial charge on any atom is 0.231 e. The van der Waals surface area contributed by atoms with Crippen LogP contribution >= 0.6 is 12.4 Å². The molecule has 0 bridgehead atoms. The molecular formula is C15H18ClN3O3. The molecule has 1 aromatic heterocycles. The summed E-state index contributed by atoms with van der Waals surface area (Å²) >= 11 is 0. The molecule has 0 unspecified atom stereocenters. The van der Waals surface area contributed by atoms with Crippen molar-refractivity contribution in [3.8, 4) is 11.5 Å². The molecule has 1 aromatic carbocycles. The fourth-order valence-corrected chi connectivity index (χ4v) is 2.68. The first-order valence-electron chi connectivity index (χ1n) is 7.23. The van der Waals surface area contributed by atoms with Crippen molar-refractivity contribution in [1.29, 1.82) is 0 Å². The van der Waals surface area contributed by atoms with E-state index in [1.54, 1.807) is 0 Å². The topological polar surface area (TPSA) is 83.4 Å². The van der Waals surface area contributed by atoms with Gasteiger partial charge < -0.3 is 19.7 Å². The molecule has 1 fully saturated rings. The Morgan fingerprint density at radius 1 is 1.14 bits per heavy atom. The molecule has 1 aliphatic carbocycles. The Labute approximate surface area is 134 Å². The van der Waals surface area contributed by atoms with Crippen LogP contribution < -0.4 is 15.2 Å². The fourth-order valence-electron chi connectivity index (χ4n) is 2.68. The van der Waals surface area contributed by atoms with Gasteiger partial charge in [-0.15, -0.1) is 12.4 Å². The summed E-state index contributed by atoms with van der Waals surface area (Å²) in [7, 11) is 0. The lowest BCUT2D eigenvalue weighted by Gasteiger charge is -2.34. The van der Waals surface area contributed by atoms with E-state index in [0.717, 1.165) is 36.3 Å². The molecule has 4 rings (SSSR count). The van der Waals surface area contributed by atoms with Crippen molar-refractivity contribution in [2.75, 3.05) is 13.2 Å². The normalized spacial score (nSPS) is 18.2. The maximum absolute atomic E-state index is 6.20. The van der Waals surface area contributed by atoms with Crippen LogP contribution in [0.1, 0.15) is 36.5 Å². The zero-order valence-corrected chi connectivity index (χ0v) is 12.9. The lowest BCUT2D eigenvalue weighted by atomic mass is 9.77.